The standard InChI is InChI=1S/C12H19N5O/c1-7-11(16-13)14-6-15-12(7)17-8-2-3-9(17)5-10(18)4-8/h6,8-10,18H,2-5,13H2,1H3,(H,14,15,16). The summed E-state index contributed by atoms with van der Waals surface area (Å²) in [7, 11) is 0. The Labute approximate surface area is 106 Å². The first-order valence-corrected chi connectivity index (χ1v) is 6.45. The Morgan fingerprint density at radius 2 is 2.00 bits per heavy atom. The molecule has 98 valence electrons. The first-order chi connectivity index (χ1) is 8.70. The van der Waals surface area contributed by atoms with Gasteiger partial charge in [0, 0.05) is 17.6 Å². The van der Waals surface area contributed by atoms with Crippen LogP contribution in [0.25, 0.3) is 0 Å². The summed E-state index contributed by atoms with van der Waals surface area (Å²) >= 11 is 0. The van der Waals surface area contributed by atoms with Gasteiger partial charge in [0.2, 0.25) is 0 Å². The Bertz CT molecular complexity index is 438. The van der Waals surface area contributed by atoms with E-state index in [9.17, 15) is 5.11 Å². The van der Waals surface area contributed by atoms with Gasteiger partial charge in [-0.15, -0.1) is 0 Å². The second-order valence-electron chi connectivity index (χ2n) is 5.23. The third-order valence-corrected chi connectivity index (χ3v) is 4.15. The average molecular weight is 249 g/mol. The lowest BCUT2D eigenvalue weighted by Crippen LogP contribution is -2.45. The van der Waals surface area contributed by atoms with Crippen molar-refractivity contribution in [2.45, 2.75) is 50.8 Å². The maximum atomic E-state index is 9.83. The molecule has 2 fully saturated rings. The van der Waals surface area contributed by atoms with Crippen LogP contribution < -0.4 is 16.2 Å². The molecule has 2 unspecified atom stereocenters. The van der Waals surface area contributed by atoms with Gasteiger partial charge < -0.3 is 15.4 Å². The lowest BCUT2D eigenvalue weighted by Gasteiger charge is -2.38. The summed E-state index contributed by atoms with van der Waals surface area (Å²) in [6, 6.07) is 0.802. The summed E-state index contributed by atoms with van der Waals surface area (Å²) in [4.78, 5) is 10.9. The minimum absolute atomic E-state index is 0.159. The summed E-state index contributed by atoms with van der Waals surface area (Å²) in [5.74, 6) is 7.08. The van der Waals surface area contributed by atoms with Gasteiger partial charge in [0.25, 0.3) is 0 Å². The van der Waals surface area contributed by atoms with E-state index in [0.717, 1.165) is 37.1 Å². The zero-order valence-electron chi connectivity index (χ0n) is 10.5. The summed E-state index contributed by atoms with van der Waals surface area (Å²) in [6.45, 7) is 1.98. The van der Waals surface area contributed by atoms with E-state index in [4.69, 9.17) is 5.84 Å². The summed E-state index contributed by atoms with van der Waals surface area (Å²) in [5, 5.41) is 9.83. The highest BCUT2D eigenvalue weighted by atomic mass is 16.3. The minimum Gasteiger partial charge on any atom is -0.393 e. The van der Waals surface area contributed by atoms with Crippen LogP contribution in [0, 0.1) is 6.92 Å². The SMILES string of the molecule is Cc1c(NN)ncnc1N1C2CCC1CC(O)C2. The van der Waals surface area contributed by atoms with E-state index >= 15 is 0 Å². The van der Waals surface area contributed by atoms with Crippen LogP contribution in [0.1, 0.15) is 31.2 Å². The number of nitrogens with one attached hydrogen (secondary N) is 1. The molecule has 0 aromatic carbocycles. The highest BCUT2D eigenvalue weighted by Gasteiger charge is 2.41. The Kier molecular flexibility index (Phi) is 2.83. The zero-order chi connectivity index (χ0) is 12.7. The molecule has 2 atom stereocenters. The number of nitrogens with two attached hydrogens (primary N) is 1. The molecular formula is C12H19N5O. The molecule has 1 aromatic heterocycles. The number of nitrogens with zero attached hydrogens (tertiary/aromatic N) is 3. The number of anilines is 2. The van der Waals surface area contributed by atoms with Gasteiger partial charge in [-0.1, -0.05) is 0 Å². The fourth-order valence-corrected chi connectivity index (χ4v) is 3.34. The summed E-state index contributed by atoms with van der Waals surface area (Å²) < 4.78 is 0. The first kappa shape index (κ1) is 11.7. The quantitative estimate of drug-likeness (QED) is 0.524. The fourth-order valence-electron chi connectivity index (χ4n) is 3.34. The van der Waals surface area contributed by atoms with Crippen molar-refractivity contribution in [1.82, 2.24) is 9.97 Å². The number of piperidine rings is 1. The van der Waals surface area contributed by atoms with Gasteiger partial charge in [-0.3, -0.25) is 0 Å². The molecule has 6 heteroatoms. The molecule has 3 heterocycles. The van der Waals surface area contributed by atoms with Crippen LogP contribution in [0.4, 0.5) is 11.6 Å². The molecule has 0 aliphatic carbocycles. The number of aliphatic hydroxyl groups is 1. The van der Waals surface area contributed by atoms with Gasteiger partial charge in [0.05, 0.1) is 6.10 Å². The van der Waals surface area contributed by atoms with Gasteiger partial charge in [-0.2, -0.15) is 0 Å². The van der Waals surface area contributed by atoms with E-state index < -0.39 is 0 Å². The van der Waals surface area contributed by atoms with Crippen LogP contribution in [0.2, 0.25) is 0 Å². The van der Waals surface area contributed by atoms with Gasteiger partial charge in [0.1, 0.15) is 18.0 Å². The van der Waals surface area contributed by atoms with Crippen molar-refractivity contribution in [2.24, 2.45) is 5.84 Å². The molecule has 2 saturated heterocycles. The van der Waals surface area contributed by atoms with Crippen LogP contribution in [0.15, 0.2) is 6.33 Å². The fraction of sp³-hybridized carbons (Fsp3) is 0.667. The smallest absolute Gasteiger partial charge is 0.148 e. The van der Waals surface area contributed by atoms with Gasteiger partial charge in [-0.25, -0.2) is 15.8 Å². The maximum absolute atomic E-state index is 9.83. The number of aromatic nitrogens is 2. The van der Waals surface area contributed by atoms with Gasteiger partial charge >= 0.3 is 0 Å². The Morgan fingerprint density at radius 3 is 2.61 bits per heavy atom. The molecule has 3 rings (SSSR count). The van der Waals surface area contributed by atoms with Crippen molar-refractivity contribution >= 4 is 11.6 Å². The second kappa shape index (κ2) is 4.37. The number of hydrogen-bond donors (Lipinski definition) is 3. The predicted molar refractivity (Wildman–Crippen MR) is 69.1 cm³/mol. The molecular weight excluding hydrogens is 230 g/mol. The maximum Gasteiger partial charge on any atom is 0.148 e. The molecule has 0 amide bonds. The minimum atomic E-state index is -0.159. The Balaban J connectivity index is 1.96. The van der Waals surface area contributed by atoms with Crippen molar-refractivity contribution < 1.29 is 5.11 Å². The molecule has 0 spiro atoms. The van der Waals surface area contributed by atoms with Crippen LogP contribution in [-0.4, -0.2) is 33.3 Å². The zero-order valence-corrected chi connectivity index (χ0v) is 10.5. The molecule has 2 bridgehead atoms. The van der Waals surface area contributed by atoms with Crippen LogP contribution in [0.3, 0.4) is 0 Å². The van der Waals surface area contributed by atoms with E-state index in [1.54, 1.807) is 6.33 Å². The summed E-state index contributed by atoms with van der Waals surface area (Å²) in [5.41, 5.74) is 3.59. The highest BCUT2D eigenvalue weighted by molar-refractivity contribution is 5.59. The van der Waals surface area contributed by atoms with Gasteiger partial charge in [-0.05, 0) is 32.6 Å². The van der Waals surface area contributed by atoms with E-state index in [-0.39, 0.29) is 6.10 Å². The molecule has 6 nitrogen and oxygen atoms in total. The number of aliphatic hydroxyl groups excluding tert-OH is 1. The lowest BCUT2D eigenvalue weighted by molar-refractivity contribution is 0.126. The number of rotatable bonds is 2. The van der Waals surface area contributed by atoms with E-state index in [2.05, 4.69) is 20.3 Å². The van der Waals surface area contributed by atoms with E-state index in [0.29, 0.717) is 17.9 Å². The van der Waals surface area contributed by atoms with Crippen molar-refractivity contribution in [3.05, 3.63) is 11.9 Å². The van der Waals surface area contributed by atoms with E-state index in [1.165, 1.54) is 0 Å². The molecule has 2 aliphatic rings. The van der Waals surface area contributed by atoms with Crippen LogP contribution in [-0.2, 0) is 0 Å². The third kappa shape index (κ3) is 1.72. The Hall–Kier alpha value is -1.40. The number of nitrogen functional groups attached to an aromatic ring is 1. The first-order valence-electron chi connectivity index (χ1n) is 6.45. The number of hydrazine groups is 1. The van der Waals surface area contributed by atoms with Crippen molar-refractivity contribution in [3.63, 3.8) is 0 Å². The number of hydrogen-bond acceptors (Lipinski definition) is 6. The van der Waals surface area contributed by atoms with Crippen LogP contribution >= 0.6 is 0 Å². The number of fused-ring (bicyclic) bond motifs is 2. The molecule has 4 N–H and O–H groups in total. The second-order valence-corrected chi connectivity index (χ2v) is 5.23. The normalized spacial score (nSPS) is 30.6. The lowest BCUT2D eigenvalue weighted by atomic mass is 9.99. The molecule has 18 heavy (non-hydrogen) atoms. The largest absolute Gasteiger partial charge is 0.393 e. The highest BCUT2D eigenvalue weighted by Crippen LogP contribution is 2.40. The molecule has 2 aliphatic heterocycles. The van der Waals surface area contributed by atoms with Gasteiger partial charge in [0.15, 0.2) is 0 Å². The van der Waals surface area contributed by atoms with Crippen molar-refractivity contribution in [2.75, 3.05) is 10.3 Å². The monoisotopic (exact) mass is 249 g/mol. The average Bonchev–Trinajstić information content (AvgIpc) is 2.62. The third-order valence-electron chi connectivity index (χ3n) is 4.15. The van der Waals surface area contributed by atoms with Crippen molar-refractivity contribution in [1.29, 1.82) is 0 Å². The predicted octanol–water partition coefficient (Wildman–Crippen LogP) is 0.563. The molecule has 0 radical (unpaired) electrons. The van der Waals surface area contributed by atoms with Crippen molar-refractivity contribution in [3.8, 4) is 0 Å². The summed E-state index contributed by atoms with van der Waals surface area (Å²) in [6.07, 6.45) is 5.33. The molecule has 1 aromatic rings. The topological polar surface area (TPSA) is 87.3 Å². The van der Waals surface area contributed by atoms with E-state index in [1.807, 2.05) is 6.92 Å². The van der Waals surface area contributed by atoms with Crippen LogP contribution in [0.5, 0.6) is 0 Å². The molecule has 0 saturated carbocycles. The Morgan fingerprint density at radius 1 is 1.33 bits per heavy atom.